The lowest BCUT2D eigenvalue weighted by molar-refractivity contribution is 0.108. The summed E-state index contributed by atoms with van der Waals surface area (Å²) in [6, 6.07) is 6.59. The van der Waals surface area contributed by atoms with Gasteiger partial charge in [-0.15, -0.1) is 0 Å². The van der Waals surface area contributed by atoms with Crippen molar-refractivity contribution in [1.29, 1.82) is 5.26 Å². The summed E-state index contributed by atoms with van der Waals surface area (Å²) in [6.45, 7) is 5.07. The predicted molar refractivity (Wildman–Crippen MR) is 60.2 cm³/mol. The summed E-state index contributed by atoms with van der Waals surface area (Å²) in [5.74, 6) is 0.116. The second kappa shape index (κ2) is 6.24. The minimum Gasteiger partial charge on any atom is -0.377 e. The van der Waals surface area contributed by atoms with E-state index < -0.39 is 5.82 Å². The second-order valence-electron chi connectivity index (χ2n) is 4.13. The first-order chi connectivity index (χ1) is 7.65. The van der Waals surface area contributed by atoms with E-state index in [1.807, 2.05) is 6.07 Å². The summed E-state index contributed by atoms with van der Waals surface area (Å²) < 4.78 is 18.9. The molecule has 0 bridgehead atoms. The van der Waals surface area contributed by atoms with Gasteiger partial charge in [-0.25, -0.2) is 4.39 Å². The molecule has 16 heavy (non-hydrogen) atoms. The fourth-order valence-electron chi connectivity index (χ4n) is 1.28. The third-order valence-corrected chi connectivity index (χ3v) is 2.30. The fraction of sp³-hybridized carbons (Fsp3) is 0.462. The van der Waals surface area contributed by atoms with Crippen molar-refractivity contribution in [3.8, 4) is 6.07 Å². The van der Waals surface area contributed by atoms with E-state index in [0.29, 0.717) is 18.1 Å². The van der Waals surface area contributed by atoms with E-state index in [0.717, 1.165) is 6.42 Å². The van der Waals surface area contributed by atoms with Crippen molar-refractivity contribution < 1.29 is 9.13 Å². The van der Waals surface area contributed by atoms with Gasteiger partial charge in [0.1, 0.15) is 11.9 Å². The molecule has 0 heterocycles. The van der Waals surface area contributed by atoms with Gasteiger partial charge >= 0.3 is 0 Å². The third-order valence-electron chi connectivity index (χ3n) is 2.30. The van der Waals surface area contributed by atoms with E-state index in [1.165, 1.54) is 6.07 Å². The van der Waals surface area contributed by atoms with Crippen molar-refractivity contribution in [2.24, 2.45) is 5.92 Å². The van der Waals surface area contributed by atoms with Crippen molar-refractivity contribution in [3.63, 3.8) is 0 Å². The van der Waals surface area contributed by atoms with Gasteiger partial charge in [0.25, 0.3) is 0 Å². The lowest BCUT2D eigenvalue weighted by Gasteiger charge is -2.07. The van der Waals surface area contributed by atoms with Crippen LogP contribution in [-0.2, 0) is 11.3 Å². The Hall–Kier alpha value is -1.40. The van der Waals surface area contributed by atoms with Crippen LogP contribution in [0.4, 0.5) is 4.39 Å². The van der Waals surface area contributed by atoms with E-state index in [-0.39, 0.29) is 12.2 Å². The average Bonchev–Trinajstić information content (AvgIpc) is 2.26. The maximum absolute atomic E-state index is 13.6. The quantitative estimate of drug-likeness (QED) is 0.715. The number of ether oxygens (including phenoxy) is 1. The molecule has 0 aliphatic heterocycles. The van der Waals surface area contributed by atoms with Crippen molar-refractivity contribution in [2.45, 2.75) is 26.9 Å². The van der Waals surface area contributed by atoms with Gasteiger partial charge in [-0.2, -0.15) is 5.26 Å². The molecule has 0 atom stereocenters. The zero-order chi connectivity index (χ0) is 12.0. The third kappa shape index (κ3) is 3.63. The molecular formula is C13H16FNO. The minimum atomic E-state index is -0.463. The molecule has 0 radical (unpaired) electrons. The lowest BCUT2D eigenvalue weighted by Crippen LogP contribution is -2.01. The van der Waals surface area contributed by atoms with Gasteiger partial charge in [-0.1, -0.05) is 26.0 Å². The number of rotatable bonds is 5. The molecule has 2 nitrogen and oxygen atoms in total. The number of benzene rings is 1. The molecule has 86 valence electrons. The highest BCUT2D eigenvalue weighted by Gasteiger charge is 2.07. The molecule has 0 aliphatic carbocycles. The number of halogens is 1. The summed E-state index contributed by atoms with van der Waals surface area (Å²) in [5, 5.41) is 8.66. The van der Waals surface area contributed by atoms with Gasteiger partial charge < -0.3 is 4.74 Å². The highest BCUT2D eigenvalue weighted by molar-refractivity contribution is 5.34. The van der Waals surface area contributed by atoms with Crippen molar-refractivity contribution in [3.05, 3.63) is 35.1 Å². The first-order valence-corrected chi connectivity index (χ1v) is 5.40. The maximum Gasteiger partial charge on any atom is 0.146 e. The predicted octanol–water partition coefficient (Wildman–Crippen LogP) is 3.26. The maximum atomic E-state index is 13.6. The van der Waals surface area contributed by atoms with E-state index in [4.69, 9.17) is 10.00 Å². The molecule has 0 aromatic heterocycles. The van der Waals surface area contributed by atoms with Crippen LogP contribution < -0.4 is 0 Å². The summed E-state index contributed by atoms with van der Waals surface area (Å²) in [6.07, 6.45) is 0.958. The molecule has 3 heteroatoms. The van der Waals surface area contributed by atoms with Gasteiger partial charge in [0.2, 0.25) is 0 Å². The van der Waals surface area contributed by atoms with Crippen LogP contribution in [0.5, 0.6) is 0 Å². The molecule has 0 saturated heterocycles. The summed E-state index contributed by atoms with van der Waals surface area (Å²) in [7, 11) is 0. The van der Waals surface area contributed by atoms with Crippen LogP contribution in [0.2, 0.25) is 0 Å². The normalized spacial score (nSPS) is 10.4. The van der Waals surface area contributed by atoms with Crippen LogP contribution in [0.25, 0.3) is 0 Å². The number of nitrogens with zero attached hydrogens (tertiary/aromatic N) is 1. The Labute approximate surface area is 95.7 Å². The van der Waals surface area contributed by atoms with Gasteiger partial charge in [0, 0.05) is 12.2 Å². The SMILES string of the molecule is CC(C)CCOCc1cccc(C#N)c1F. The lowest BCUT2D eigenvalue weighted by atomic mass is 10.1. The monoisotopic (exact) mass is 221 g/mol. The number of hydrogen-bond acceptors (Lipinski definition) is 2. The zero-order valence-electron chi connectivity index (χ0n) is 9.66. The summed E-state index contributed by atoms with van der Waals surface area (Å²) in [4.78, 5) is 0. The molecule has 0 amide bonds. The smallest absolute Gasteiger partial charge is 0.146 e. The Kier molecular flexibility index (Phi) is 4.94. The van der Waals surface area contributed by atoms with Gasteiger partial charge in [-0.05, 0) is 18.4 Å². The van der Waals surface area contributed by atoms with Crippen molar-refractivity contribution >= 4 is 0 Å². The summed E-state index contributed by atoms with van der Waals surface area (Å²) in [5.41, 5.74) is 0.521. The van der Waals surface area contributed by atoms with Crippen LogP contribution in [0.15, 0.2) is 18.2 Å². The zero-order valence-corrected chi connectivity index (χ0v) is 9.66. The first-order valence-electron chi connectivity index (χ1n) is 5.40. The van der Waals surface area contributed by atoms with Gasteiger partial charge in [0.05, 0.1) is 12.2 Å². The molecule has 0 unspecified atom stereocenters. The molecule has 1 rings (SSSR count). The molecular weight excluding hydrogens is 205 g/mol. The Bertz CT molecular complexity index is 382. The van der Waals surface area contributed by atoms with Crippen molar-refractivity contribution in [2.75, 3.05) is 6.61 Å². The molecule has 0 saturated carbocycles. The molecule has 1 aromatic carbocycles. The van der Waals surface area contributed by atoms with E-state index in [2.05, 4.69) is 13.8 Å². The van der Waals surface area contributed by atoms with E-state index in [1.54, 1.807) is 12.1 Å². The molecule has 0 aliphatic rings. The Balaban J connectivity index is 2.52. The Morgan fingerprint density at radius 2 is 2.19 bits per heavy atom. The van der Waals surface area contributed by atoms with E-state index >= 15 is 0 Å². The molecule has 0 fully saturated rings. The molecule has 0 N–H and O–H groups in total. The van der Waals surface area contributed by atoms with Gasteiger partial charge in [0.15, 0.2) is 0 Å². The van der Waals surface area contributed by atoms with Crippen LogP contribution >= 0.6 is 0 Å². The summed E-state index contributed by atoms with van der Waals surface area (Å²) >= 11 is 0. The molecule has 1 aromatic rings. The fourth-order valence-corrected chi connectivity index (χ4v) is 1.28. The highest BCUT2D eigenvalue weighted by atomic mass is 19.1. The Morgan fingerprint density at radius 1 is 1.44 bits per heavy atom. The number of nitriles is 1. The van der Waals surface area contributed by atoms with Crippen LogP contribution in [-0.4, -0.2) is 6.61 Å². The molecule has 0 spiro atoms. The average molecular weight is 221 g/mol. The number of hydrogen-bond donors (Lipinski definition) is 0. The van der Waals surface area contributed by atoms with Crippen molar-refractivity contribution in [1.82, 2.24) is 0 Å². The standard InChI is InChI=1S/C13H16FNO/c1-10(2)6-7-16-9-12-5-3-4-11(8-15)13(12)14/h3-5,10H,6-7,9H2,1-2H3. The first kappa shape index (κ1) is 12.7. The highest BCUT2D eigenvalue weighted by Crippen LogP contribution is 2.13. The van der Waals surface area contributed by atoms with Gasteiger partial charge in [-0.3, -0.25) is 0 Å². The minimum absolute atomic E-state index is 0.0740. The van der Waals surface area contributed by atoms with E-state index in [9.17, 15) is 4.39 Å². The Morgan fingerprint density at radius 3 is 2.81 bits per heavy atom. The second-order valence-corrected chi connectivity index (χ2v) is 4.13. The largest absolute Gasteiger partial charge is 0.377 e. The topological polar surface area (TPSA) is 33.0 Å². The van der Waals surface area contributed by atoms with Crippen LogP contribution in [0.1, 0.15) is 31.4 Å². The van der Waals surface area contributed by atoms with Crippen LogP contribution in [0.3, 0.4) is 0 Å². The van der Waals surface area contributed by atoms with Crippen LogP contribution in [0, 0.1) is 23.1 Å².